The van der Waals surface area contributed by atoms with Gasteiger partial charge in [0.2, 0.25) is 5.91 Å². The Bertz CT molecular complexity index is 1060. The van der Waals surface area contributed by atoms with Crippen LogP contribution in [0.25, 0.3) is 0 Å². The number of piperidine rings is 1. The number of halogens is 1. The first-order valence-electron chi connectivity index (χ1n) is 10.7. The standard InChI is InChI=1S/C26H25FN2O3/c27-21-6-4-5-20(17-21)26(31)19-13-15-29(16-14-19)18-25(30)28-22-9-11-24(12-10-22)32-23-7-2-1-3-8-23/h1-12,17,19H,13-16,18H2,(H,28,30). The summed E-state index contributed by atoms with van der Waals surface area (Å²) in [5.74, 6) is 0.795. The number of rotatable bonds is 7. The first-order valence-corrected chi connectivity index (χ1v) is 10.7. The summed E-state index contributed by atoms with van der Waals surface area (Å²) in [5, 5.41) is 2.90. The maximum Gasteiger partial charge on any atom is 0.238 e. The molecule has 1 heterocycles. The molecule has 1 saturated heterocycles. The predicted molar refractivity (Wildman–Crippen MR) is 121 cm³/mol. The third kappa shape index (κ3) is 5.80. The summed E-state index contributed by atoms with van der Waals surface area (Å²) in [4.78, 5) is 27.1. The van der Waals surface area contributed by atoms with Crippen LogP contribution in [-0.4, -0.2) is 36.2 Å². The fourth-order valence-electron chi connectivity index (χ4n) is 3.87. The van der Waals surface area contributed by atoms with Gasteiger partial charge in [-0.25, -0.2) is 4.39 Å². The SMILES string of the molecule is O=C(CN1CCC(C(=O)c2cccc(F)c2)CC1)Nc1ccc(Oc2ccccc2)cc1. The number of carbonyl (C=O) groups excluding carboxylic acids is 2. The minimum absolute atomic E-state index is 0.0218. The molecule has 1 amide bonds. The number of anilines is 1. The van der Waals surface area contributed by atoms with Crippen LogP contribution in [0.15, 0.2) is 78.9 Å². The summed E-state index contributed by atoms with van der Waals surface area (Å²) in [6, 6.07) is 22.6. The molecule has 0 atom stereocenters. The van der Waals surface area contributed by atoms with Crippen molar-refractivity contribution >= 4 is 17.4 Å². The van der Waals surface area contributed by atoms with Crippen LogP contribution in [0.4, 0.5) is 10.1 Å². The summed E-state index contributed by atoms with van der Waals surface area (Å²) in [5.41, 5.74) is 1.12. The Morgan fingerprint density at radius 2 is 1.59 bits per heavy atom. The topological polar surface area (TPSA) is 58.6 Å². The Morgan fingerprint density at radius 1 is 0.906 bits per heavy atom. The van der Waals surface area contributed by atoms with Crippen molar-refractivity contribution in [1.29, 1.82) is 0 Å². The molecule has 0 saturated carbocycles. The van der Waals surface area contributed by atoms with Gasteiger partial charge in [0.15, 0.2) is 5.78 Å². The molecule has 0 bridgehead atoms. The number of hydrogen-bond acceptors (Lipinski definition) is 4. The second-order valence-electron chi connectivity index (χ2n) is 7.91. The summed E-state index contributed by atoms with van der Waals surface area (Å²) >= 11 is 0. The quantitative estimate of drug-likeness (QED) is 0.525. The molecule has 5 nitrogen and oxygen atoms in total. The highest BCUT2D eigenvalue weighted by atomic mass is 19.1. The molecule has 4 rings (SSSR count). The summed E-state index contributed by atoms with van der Waals surface area (Å²) < 4.78 is 19.1. The van der Waals surface area contributed by atoms with Gasteiger partial charge in [0, 0.05) is 17.2 Å². The van der Waals surface area contributed by atoms with Crippen molar-refractivity contribution in [3.05, 3.63) is 90.2 Å². The van der Waals surface area contributed by atoms with E-state index in [0.29, 0.717) is 42.9 Å². The molecule has 3 aromatic carbocycles. The number of para-hydroxylation sites is 1. The smallest absolute Gasteiger partial charge is 0.238 e. The number of carbonyl (C=O) groups is 2. The van der Waals surface area contributed by atoms with Gasteiger partial charge in [-0.05, 0) is 74.5 Å². The van der Waals surface area contributed by atoms with E-state index in [4.69, 9.17) is 4.74 Å². The molecule has 32 heavy (non-hydrogen) atoms. The highest BCUT2D eigenvalue weighted by Crippen LogP contribution is 2.24. The van der Waals surface area contributed by atoms with Gasteiger partial charge in [0.25, 0.3) is 0 Å². The maximum absolute atomic E-state index is 13.4. The number of ketones is 1. The molecular formula is C26H25FN2O3. The van der Waals surface area contributed by atoms with Crippen molar-refractivity contribution in [2.24, 2.45) is 5.92 Å². The zero-order valence-electron chi connectivity index (χ0n) is 17.7. The molecule has 0 aliphatic carbocycles. The van der Waals surface area contributed by atoms with Crippen molar-refractivity contribution in [1.82, 2.24) is 4.90 Å². The summed E-state index contributed by atoms with van der Waals surface area (Å²) in [6.07, 6.45) is 1.32. The summed E-state index contributed by atoms with van der Waals surface area (Å²) in [7, 11) is 0. The van der Waals surface area contributed by atoms with Gasteiger partial charge in [0.05, 0.1) is 6.54 Å². The number of nitrogens with zero attached hydrogens (tertiary/aromatic N) is 1. The van der Waals surface area contributed by atoms with Crippen molar-refractivity contribution in [2.75, 3.05) is 25.0 Å². The molecule has 1 aliphatic rings. The normalized spacial score (nSPS) is 14.7. The van der Waals surface area contributed by atoms with Crippen molar-refractivity contribution in [3.8, 4) is 11.5 Å². The molecule has 164 valence electrons. The van der Waals surface area contributed by atoms with Crippen LogP contribution >= 0.6 is 0 Å². The first kappa shape index (κ1) is 21.7. The number of benzene rings is 3. The van der Waals surface area contributed by atoms with E-state index in [1.54, 1.807) is 24.3 Å². The lowest BCUT2D eigenvalue weighted by Crippen LogP contribution is -2.40. The van der Waals surface area contributed by atoms with E-state index in [1.807, 2.05) is 47.4 Å². The second kappa shape index (κ2) is 10.2. The van der Waals surface area contributed by atoms with Gasteiger partial charge in [-0.1, -0.05) is 30.3 Å². The third-order valence-corrected chi connectivity index (χ3v) is 5.55. The van der Waals surface area contributed by atoms with E-state index in [2.05, 4.69) is 5.32 Å². The number of Topliss-reactive ketones (excluding diaryl/α,β-unsaturated/α-hetero) is 1. The molecule has 6 heteroatoms. The van der Waals surface area contributed by atoms with E-state index >= 15 is 0 Å². The van der Waals surface area contributed by atoms with Crippen LogP contribution in [0.1, 0.15) is 23.2 Å². The zero-order valence-corrected chi connectivity index (χ0v) is 17.7. The van der Waals surface area contributed by atoms with Crippen molar-refractivity contribution in [3.63, 3.8) is 0 Å². The lowest BCUT2D eigenvalue weighted by atomic mass is 9.89. The minimum Gasteiger partial charge on any atom is -0.457 e. The van der Waals surface area contributed by atoms with Crippen molar-refractivity contribution in [2.45, 2.75) is 12.8 Å². The first-order chi connectivity index (χ1) is 15.6. The van der Waals surface area contributed by atoms with Crippen LogP contribution in [0.5, 0.6) is 11.5 Å². The van der Waals surface area contributed by atoms with E-state index in [9.17, 15) is 14.0 Å². The average molecular weight is 432 g/mol. The molecule has 0 radical (unpaired) electrons. The highest BCUT2D eigenvalue weighted by molar-refractivity contribution is 5.98. The minimum atomic E-state index is -0.399. The number of ether oxygens (including phenoxy) is 1. The van der Waals surface area contributed by atoms with Crippen molar-refractivity contribution < 1.29 is 18.7 Å². The van der Waals surface area contributed by atoms with E-state index in [0.717, 1.165) is 5.75 Å². The monoisotopic (exact) mass is 432 g/mol. The maximum atomic E-state index is 13.4. The lowest BCUT2D eigenvalue weighted by molar-refractivity contribution is -0.117. The molecule has 1 aliphatic heterocycles. The third-order valence-electron chi connectivity index (χ3n) is 5.55. The number of nitrogens with one attached hydrogen (secondary N) is 1. The Kier molecular flexibility index (Phi) is 6.92. The molecule has 1 fully saturated rings. The average Bonchev–Trinajstić information content (AvgIpc) is 2.81. The lowest BCUT2D eigenvalue weighted by Gasteiger charge is -2.30. The number of amides is 1. The Morgan fingerprint density at radius 3 is 2.28 bits per heavy atom. The second-order valence-corrected chi connectivity index (χ2v) is 7.91. The Labute approximate surface area is 186 Å². The van der Waals surface area contributed by atoms with Crippen LogP contribution in [-0.2, 0) is 4.79 Å². The van der Waals surface area contributed by atoms with Gasteiger partial charge in [-0.3, -0.25) is 14.5 Å². The predicted octanol–water partition coefficient (Wildman–Crippen LogP) is 5.15. The van der Waals surface area contributed by atoms with Gasteiger partial charge in [0.1, 0.15) is 17.3 Å². The summed E-state index contributed by atoms with van der Waals surface area (Å²) in [6.45, 7) is 1.58. The van der Waals surface area contributed by atoms with E-state index in [-0.39, 0.29) is 24.2 Å². The molecule has 0 spiro atoms. The van der Waals surface area contributed by atoms with Gasteiger partial charge < -0.3 is 10.1 Å². The van der Waals surface area contributed by atoms with Gasteiger partial charge in [-0.15, -0.1) is 0 Å². The molecule has 0 aromatic heterocycles. The molecule has 3 aromatic rings. The van der Waals surface area contributed by atoms with Crippen LogP contribution in [0.3, 0.4) is 0 Å². The van der Waals surface area contributed by atoms with E-state index in [1.165, 1.54) is 12.1 Å². The number of likely N-dealkylation sites (tertiary alicyclic amines) is 1. The van der Waals surface area contributed by atoms with Crippen LogP contribution < -0.4 is 10.1 Å². The zero-order chi connectivity index (χ0) is 22.3. The highest BCUT2D eigenvalue weighted by Gasteiger charge is 2.26. The Hall–Kier alpha value is -3.51. The number of hydrogen-bond donors (Lipinski definition) is 1. The largest absolute Gasteiger partial charge is 0.457 e. The fraction of sp³-hybridized carbons (Fsp3) is 0.231. The Balaban J connectivity index is 1.23. The fourth-order valence-corrected chi connectivity index (χ4v) is 3.87. The van der Waals surface area contributed by atoms with E-state index < -0.39 is 5.82 Å². The van der Waals surface area contributed by atoms with Gasteiger partial charge >= 0.3 is 0 Å². The molecule has 1 N–H and O–H groups in total. The van der Waals surface area contributed by atoms with Gasteiger partial charge in [-0.2, -0.15) is 0 Å². The molecular weight excluding hydrogens is 407 g/mol. The van der Waals surface area contributed by atoms with Crippen LogP contribution in [0, 0.1) is 11.7 Å². The molecule has 0 unspecified atom stereocenters. The van der Waals surface area contributed by atoms with Crippen LogP contribution in [0.2, 0.25) is 0 Å².